The van der Waals surface area contributed by atoms with Crippen LogP contribution in [0.1, 0.15) is 22.7 Å². The van der Waals surface area contributed by atoms with Crippen LogP contribution in [0.25, 0.3) is 0 Å². The lowest BCUT2D eigenvalue weighted by Gasteiger charge is -2.19. The maximum absolute atomic E-state index is 13.8. The van der Waals surface area contributed by atoms with Gasteiger partial charge in [-0.15, -0.1) is 0 Å². The topological polar surface area (TPSA) is 38.0 Å². The van der Waals surface area contributed by atoms with Crippen LogP contribution in [0.4, 0.5) is 8.78 Å². The van der Waals surface area contributed by atoms with Gasteiger partial charge in [0.2, 0.25) is 0 Å². The van der Waals surface area contributed by atoms with Gasteiger partial charge in [-0.05, 0) is 30.2 Å². The van der Waals surface area contributed by atoms with Gasteiger partial charge in [0.25, 0.3) is 0 Å². The molecule has 2 aromatic rings. The zero-order valence-corrected chi connectivity index (χ0v) is 11.0. The van der Waals surface area contributed by atoms with Crippen LogP contribution in [0.15, 0.2) is 36.4 Å². The van der Waals surface area contributed by atoms with Gasteiger partial charge in [0.1, 0.15) is 0 Å². The van der Waals surface area contributed by atoms with Crippen LogP contribution in [0.3, 0.4) is 0 Å². The number of halogens is 3. The second-order valence-electron chi connectivity index (χ2n) is 4.27. The standard InChI is InChI=1S/C14H13ClF2N2/c1-8-5-6-9(11(15)7-8)14(19-18)10-3-2-4-12(16)13(10)17/h2-7,14,19H,18H2,1H3. The highest BCUT2D eigenvalue weighted by molar-refractivity contribution is 6.31. The molecule has 0 spiro atoms. The molecule has 3 N–H and O–H groups in total. The zero-order chi connectivity index (χ0) is 14.0. The van der Waals surface area contributed by atoms with Gasteiger partial charge in [0, 0.05) is 10.6 Å². The van der Waals surface area contributed by atoms with Gasteiger partial charge in [-0.1, -0.05) is 35.9 Å². The van der Waals surface area contributed by atoms with Crippen LogP contribution in [-0.2, 0) is 0 Å². The zero-order valence-electron chi connectivity index (χ0n) is 10.3. The summed E-state index contributed by atoms with van der Waals surface area (Å²) in [6.45, 7) is 1.89. The Morgan fingerprint density at radius 2 is 1.89 bits per heavy atom. The second-order valence-corrected chi connectivity index (χ2v) is 4.67. The van der Waals surface area contributed by atoms with Gasteiger partial charge in [-0.2, -0.15) is 0 Å². The number of aryl methyl sites for hydroxylation is 1. The highest BCUT2D eigenvalue weighted by Crippen LogP contribution is 2.30. The maximum Gasteiger partial charge on any atom is 0.163 e. The fraction of sp³-hybridized carbons (Fsp3) is 0.143. The van der Waals surface area contributed by atoms with E-state index in [9.17, 15) is 8.78 Å². The van der Waals surface area contributed by atoms with Crippen molar-refractivity contribution in [2.45, 2.75) is 13.0 Å². The summed E-state index contributed by atoms with van der Waals surface area (Å²) >= 11 is 6.13. The van der Waals surface area contributed by atoms with E-state index in [0.29, 0.717) is 10.6 Å². The molecule has 2 aromatic carbocycles. The smallest absolute Gasteiger partial charge is 0.163 e. The molecule has 0 amide bonds. The van der Waals surface area contributed by atoms with Crippen LogP contribution >= 0.6 is 11.6 Å². The largest absolute Gasteiger partial charge is 0.271 e. The maximum atomic E-state index is 13.8. The molecule has 100 valence electrons. The number of nitrogens with two attached hydrogens (primary N) is 1. The molecule has 2 nitrogen and oxygen atoms in total. The predicted molar refractivity (Wildman–Crippen MR) is 71.7 cm³/mol. The summed E-state index contributed by atoms with van der Waals surface area (Å²) in [5, 5.41) is 0.451. The predicted octanol–water partition coefficient (Wildman–Crippen LogP) is 3.48. The van der Waals surface area contributed by atoms with Gasteiger partial charge in [0.05, 0.1) is 6.04 Å². The number of rotatable bonds is 3. The third-order valence-corrected chi connectivity index (χ3v) is 3.25. The molecule has 0 radical (unpaired) electrons. The summed E-state index contributed by atoms with van der Waals surface area (Å²) in [5.41, 5.74) is 4.16. The molecule has 0 aromatic heterocycles. The van der Waals surface area contributed by atoms with Crippen LogP contribution in [-0.4, -0.2) is 0 Å². The van der Waals surface area contributed by atoms with E-state index in [1.54, 1.807) is 12.1 Å². The molecule has 0 saturated carbocycles. The summed E-state index contributed by atoms with van der Waals surface area (Å²) in [6, 6.07) is 8.58. The Bertz CT molecular complexity index is 602. The lowest BCUT2D eigenvalue weighted by Crippen LogP contribution is -2.30. The molecular weight excluding hydrogens is 270 g/mol. The van der Waals surface area contributed by atoms with Crippen LogP contribution in [0.5, 0.6) is 0 Å². The molecule has 1 atom stereocenters. The SMILES string of the molecule is Cc1ccc(C(NN)c2cccc(F)c2F)c(Cl)c1. The van der Waals surface area contributed by atoms with Crippen molar-refractivity contribution in [2.24, 2.45) is 5.84 Å². The average Bonchev–Trinajstić information content (AvgIpc) is 2.37. The van der Waals surface area contributed by atoms with Crippen molar-refractivity contribution in [3.8, 4) is 0 Å². The molecule has 5 heteroatoms. The van der Waals surface area contributed by atoms with Crippen LogP contribution < -0.4 is 11.3 Å². The lowest BCUT2D eigenvalue weighted by molar-refractivity contribution is 0.483. The summed E-state index contributed by atoms with van der Waals surface area (Å²) in [7, 11) is 0. The minimum absolute atomic E-state index is 0.119. The Hall–Kier alpha value is -1.49. The minimum Gasteiger partial charge on any atom is -0.271 e. The van der Waals surface area contributed by atoms with Crippen molar-refractivity contribution in [1.29, 1.82) is 0 Å². The van der Waals surface area contributed by atoms with E-state index in [4.69, 9.17) is 17.4 Å². The molecular formula is C14H13ClF2N2. The van der Waals surface area contributed by atoms with Crippen molar-refractivity contribution < 1.29 is 8.78 Å². The molecule has 0 heterocycles. The normalized spacial score (nSPS) is 12.5. The van der Waals surface area contributed by atoms with Crippen molar-refractivity contribution in [1.82, 2.24) is 5.43 Å². The van der Waals surface area contributed by atoms with E-state index >= 15 is 0 Å². The molecule has 1 unspecified atom stereocenters. The monoisotopic (exact) mass is 282 g/mol. The van der Waals surface area contributed by atoms with E-state index in [1.165, 1.54) is 12.1 Å². The van der Waals surface area contributed by atoms with E-state index in [2.05, 4.69) is 5.43 Å². The first-order chi connectivity index (χ1) is 9.04. The minimum atomic E-state index is -0.929. The molecule has 0 bridgehead atoms. The van der Waals surface area contributed by atoms with Gasteiger partial charge in [-0.25, -0.2) is 14.2 Å². The summed E-state index contributed by atoms with van der Waals surface area (Å²) in [4.78, 5) is 0. The third kappa shape index (κ3) is 2.76. The van der Waals surface area contributed by atoms with Crippen LogP contribution in [0, 0.1) is 18.6 Å². The fourth-order valence-electron chi connectivity index (χ4n) is 1.96. The lowest BCUT2D eigenvalue weighted by atomic mass is 9.97. The molecule has 0 saturated heterocycles. The third-order valence-electron chi connectivity index (χ3n) is 2.93. The van der Waals surface area contributed by atoms with E-state index < -0.39 is 17.7 Å². The molecule has 0 aliphatic rings. The molecule has 0 aliphatic carbocycles. The van der Waals surface area contributed by atoms with E-state index in [1.807, 2.05) is 13.0 Å². The molecule has 0 aliphatic heterocycles. The van der Waals surface area contributed by atoms with Gasteiger partial charge >= 0.3 is 0 Å². The average molecular weight is 283 g/mol. The number of hydrazine groups is 1. The first-order valence-corrected chi connectivity index (χ1v) is 6.08. The Balaban J connectivity index is 2.53. The Morgan fingerprint density at radius 3 is 2.53 bits per heavy atom. The first-order valence-electron chi connectivity index (χ1n) is 5.70. The number of hydrogen-bond acceptors (Lipinski definition) is 2. The van der Waals surface area contributed by atoms with Crippen molar-refractivity contribution >= 4 is 11.6 Å². The first kappa shape index (κ1) is 13.9. The Labute approximate surface area is 115 Å². The fourth-order valence-corrected chi connectivity index (χ4v) is 2.30. The van der Waals surface area contributed by atoms with Crippen LogP contribution in [0.2, 0.25) is 5.02 Å². The summed E-state index contributed by atoms with van der Waals surface area (Å²) < 4.78 is 27.1. The summed E-state index contributed by atoms with van der Waals surface area (Å²) in [5.74, 6) is 3.62. The van der Waals surface area contributed by atoms with Crippen molar-refractivity contribution in [3.63, 3.8) is 0 Å². The number of benzene rings is 2. The number of nitrogens with one attached hydrogen (secondary N) is 1. The van der Waals surface area contributed by atoms with E-state index in [-0.39, 0.29) is 5.56 Å². The highest BCUT2D eigenvalue weighted by Gasteiger charge is 2.20. The highest BCUT2D eigenvalue weighted by atomic mass is 35.5. The summed E-state index contributed by atoms with van der Waals surface area (Å²) in [6.07, 6.45) is 0. The Kier molecular flexibility index (Phi) is 4.14. The molecule has 0 fully saturated rings. The molecule has 2 rings (SSSR count). The number of hydrogen-bond donors (Lipinski definition) is 2. The van der Waals surface area contributed by atoms with Crippen molar-refractivity contribution in [2.75, 3.05) is 0 Å². The second kappa shape index (κ2) is 5.65. The van der Waals surface area contributed by atoms with Gasteiger partial charge in [0.15, 0.2) is 11.6 Å². The van der Waals surface area contributed by atoms with Crippen molar-refractivity contribution in [3.05, 3.63) is 69.7 Å². The molecule has 19 heavy (non-hydrogen) atoms. The van der Waals surface area contributed by atoms with E-state index in [0.717, 1.165) is 11.6 Å². The van der Waals surface area contributed by atoms with Gasteiger partial charge in [-0.3, -0.25) is 5.84 Å². The quantitative estimate of drug-likeness (QED) is 0.668. The Morgan fingerprint density at radius 1 is 1.16 bits per heavy atom. The van der Waals surface area contributed by atoms with Gasteiger partial charge < -0.3 is 0 Å².